The van der Waals surface area contributed by atoms with Crippen LogP contribution in [0.25, 0.3) is 10.8 Å². The van der Waals surface area contributed by atoms with Gasteiger partial charge in [0.15, 0.2) is 13.7 Å². The molecule has 38 heavy (non-hydrogen) atoms. The first kappa shape index (κ1) is 26.7. The lowest BCUT2D eigenvalue weighted by atomic mass is 10.1. The van der Waals surface area contributed by atoms with Crippen LogP contribution < -0.4 is 5.32 Å². The predicted molar refractivity (Wildman–Crippen MR) is 150 cm³/mol. The van der Waals surface area contributed by atoms with Crippen molar-refractivity contribution in [1.29, 1.82) is 0 Å². The Morgan fingerprint density at radius 2 is 1.50 bits per heavy atom. The van der Waals surface area contributed by atoms with Crippen LogP contribution in [-0.4, -0.2) is 57.5 Å². The normalized spacial score (nSPS) is 21.2. The summed E-state index contributed by atoms with van der Waals surface area (Å²) in [4.78, 5) is 28.1. The van der Waals surface area contributed by atoms with Gasteiger partial charge in [-0.05, 0) is 59.6 Å². The second kappa shape index (κ2) is 9.41. The third-order valence-corrected chi connectivity index (χ3v) is 14.8. The van der Waals surface area contributed by atoms with E-state index >= 15 is 0 Å². The predicted octanol–water partition coefficient (Wildman–Crippen LogP) is 4.99. The monoisotopic (exact) mass is 550 g/mol. The molecule has 0 saturated carbocycles. The summed E-state index contributed by atoms with van der Waals surface area (Å²) in [5, 5.41) is 3.57. The molecule has 0 radical (unpaired) electrons. The molecule has 7 nitrogen and oxygen atoms in total. The van der Waals surface area contributed by atoms with Crippen LogP contribution >= 0.6 is 0 Å². The number of amides is 2. The van der Waals surface area contributed by atoms with E-state index in [0.717, 1.165) is 15.7 Å². The standard InChI is InChI=1S/C29H34N2O5SSi/c1-29(2,3)38(4,5)36-21-17-25(30-18-21)28(31-26(32)23-12-8-9-13-24(23)27(31)33)37(34,35)22-15-14-19-10-6-7-11-20(19)16-22/h6-16,21,25,28,30H,17-18H2,1-5H3. The van der Waals surface area contributed by atoms with Gasteiger partial charge in [-0.3, -0.25) is 14.5 Å². The van der Waals surface area contributed by atoms with Gasteiger partial charge in [0.1, 0.15) is 0 Å². The van der Waals surface area contributed by atoms with Gasteiger partial charge in [-0.1, -0.05) is 63.2 Å². The Kier molecular flexibility index (Phi) is 6.62. The Hall–Kier alpha value is -2.85. The molecule has 3 atom stereocenters. The van der Waals surface area contributed by atoms with Crippen molar-refractivity contribution >= 4 is 40.7 Å². The molecule has 3 unspecified atom stereocenters. The Morgan fingerprint density at radius 3 is 2.11 bits per heavy atom. The molecular formula is C29H34N2O5SSi. The molecule has 9 heteroatoms. The summed E-state index contributed by atoms with van der Waals surface area (Å²) >= 11 is 0. The van der Waals surface area contributed by atoms with Gasteiger partial charge in [0.25, 0.3) is 11.8 Å². The number of carbonyl (C=O) groups excluding carboxylic acids is 2. The topological polar surface area (TPSA) is 92.8 Å². The molecular weight excluding hydrogens is 516 g/mol. The largest absolute Gasteiger partial charge is 0.413 e. The van der Waals surface area contributed by atoms with Crippen LogP contribution in [0, 0.1) is 0 Å². The quantitative estimate of drug-likeness (QED) is 0.343. The molecule has 3 aromatic rings. The number of hydrogen-bond acceptors (Lipinski definition) is 6. The average molecular weight is 551 g/mol. The smallest absolute Gasteiger partial charge is 0.262 e. The van der Waals surface area contributed by atoms with E-state index in [2.05, 4.69) is 39.2 Å². The van der Waals surface area contributed by atoms with Gasteiger partial charge < -0.3 is 9.74 Å². The van der Waals surface area contributed by atoms with E-state index in [4.69, 9.17) is 4.43 Å². The Bertz CT molecular complexity index is 1490. The van der Waals surface area contributed by atoms with E-state index in [0.29, 0.717) is 13.0 Å². The number of hydrogen-bond donors (Lipinski definition) is 1. The molecule has 2 aliphatic heterocycles. The molecule has 1 saturated heterocycles. The van der Waals surface area contributed by atoms with E-state index in [1.54, 1.807) is 42.5 Å². The maximum Gasteiger partial charge on any atom is 0.262 e. The lowest BCUT2D eigenvalue weighted by Gasteiger charge is -2.38. The van der Waals surface area contributed by atoms with Gasteiger partial charge in [0, 0.05) is 12.6 Å². The molecule has 2 heterocycles. The summed E-state index contributed by atoms with van der Waals surface area (Å²) in [6.07, 6.45) is 0.155. The first-order valence-corrected chi connectivity index (χ1v) is 17.4. The van der Waals surface area contributed by atoms with Crippen LogP contribution in [0.15, 0.2) is 71.6 Å². The molecule has 3 aromatic carbocycles. The third-order valence-electron chi connectivity index (χ3n) is 8.18. The van der Waals surface area contributed by atoms with Crippen LogP contribution in [0.5, 0.6) is 0 Å². The minimum Gasteiger partial charge on any atom is -0.413 e. The van der Waals surface area contributed by atoms with E-state index in [-0.39, 0.29) is 27.2 Å². The SMILES string of the molecule is CC(C)(C)[Si](C)(C)OC1CNC(C(N2C(=O)c3ccccc3C2=O)S(=O)(=O)c2ccc3ccccc3c2)C1. The summed E-state index contributed by atoms with van der Waals surface area (Å²) in [7, 11) is -6.28. The lowest BCUT2D eigenvalue weighted by Crippen LogP contribution is -2.54. The highest BCUT2D eigenvalue weighted by Gasteiger charge is 2.51. The molecule has 1 N–H and O–H groups in total. The minimum absolute atomic E-state index is 0.00973. The second-order valence-corrected chi connectivity index (χ2v) is 18.5. The highest BCUT2D eigenvalue weighted by molar-refractivity contribution is 7.92. The van der Waals surface area contributed by atoms with Crippen molar-refractivity contribution in [3.8, 4) is 0 Å². The molecule has 1 fully saturated rings. The third kappa shape index (κ3) is 4.51. The van der Waals surface area contributed by atoms with Crippen molar-refractivity contribution in [3.63, 3.8) is 0 Å². The van der Waals surface area contributed by atoms with Crippen LogP contribution in [0.4, 0.5) is 0 Å². The highest BCUT2D eigenvalue weighted by atomic mass is 32.2. The first-order valence-electron chi connectivity index (χ1n) is 12.9. The number of rotatable bonds is 6. The van der Waals surface area contributed by atoms with Crippen molar-refractivity contribution in [2.24, 2.45) is 0 Å². The Balaban J connectivity index is 1.55. The van der Waals surface area contributed by atoms with Crippen LogP contribution in [0.3, 0.4) is 0 Å². The number of carbonyl (C=O) groups is 2. The van der Waals surface area contributed by atoms with Crippen molar-refractivity contribution < 1.29 is 22.4 Å². The van der Waals surface area contributed by atoms with Crippen LogP contribution in [0.1, 0.15) is 47.9 Å². The first-order chi connectivity index (χ1) is 17.8. The number of nitrogens with one attached hydrogen (secondary N) is 1. The second-order valence-electron chi connectivity index (χ2n) is 11.7. The van der Waals surface area contributed by atoms with Crippen molar-refractivity contribution in [3.05, 3.63) is 77.9 Å². The zero-order chi connectivity index (χ0) is 27.5. The molecule has 2 aliphatic rings. The summed E-state index contributed by atoms with van der Waals surface area (Å²) in [6, 6.07) is 18.3. The van der Waals surface area contributed by atoms with E-state index in [1.165, 1.54) is 0 Å². The Morgan fingerprint density at radius 1 is 0.921 bits per heavy atom. The van der Waals surface area contributed by atoms with Gasteiger partial charge in [-0.25, -0.2) is 8.42 Å². The fourth-order valence-corrected chi connectivity index (χ4v) is 8.39. The van der Waals surface area contributed by atoms with Crippen LogP contribution in [0.2, 0.25) is 18.1 Å². The van der Waals surface area contributed by atoms with Gasteiger partial charge >= 0.3 is 0 Å². The van der Waals surface area contributed by atoms with Gasteiger partial charge in [0.05, 0.1) is 22.1 Å². The summed E-state index contributed by atoms with van der Waals surface area (Å²) < 4.78 is 35.2. The zero-order valence-corrected chi connectivity index (χ0v) is 24.2. The van der Waals surface area contributed by atoms with E-state index < -0.39 is 41.4 Å². The molecule has 0 aromatic heterocycles. The van der Waals surface area contributed by atoms with Gasteiger partial charge in [0.2, 0.25) is 9.84 Å². The van der Waals surface area contributed by atoms with Crippen molar-refractivity contribution in [1.82, 2.24) is 10.2 Å². The number of sulfone groups is 1. The summed E-state index contributed by atoms with van der Waals surface area (Å²) in [5.74, 6) is -1.17. The zero-order valence-electron chi connectivity index (χ0n) is 22.4. The van der Waals surface area contributed by atoms with Crippen molar-refractivity contribution in [2.45, 2.75) is 67.7 Å². The average Bonchev–Trinajstić information content (AvgIpc) is 3.41. The molecule has 0 bridgehead atoms. The minimum atomic E-state index is -4.16. The molecule has 200 valence electrons. The van der Waals surface area contributed by atoms with Crippen LogP contribution in [-0.2, 0) is 14.3 Å². The fourth-order valence-electron chi connectivity index (χ4n) is 5.09. The molecule has 2 amide bonds. The fraction of sp³-hybridized carbons (Fsp3) is 0.379. The van der Waals surface area contributed by atoms with E-state index in [9.17, 15) is 18.0 Å². The van der Waals surface area contributed by atoms with Gasteiger partial charge in [-0.2, -0.15) is 0 Å². The summed E-state index contributed by atoms with van der Waals surface area (Å²) in [5.41, 5.74) is 0.451. The number of nitrogens with zero attached hydrogens (tertiary/aromatic N) is 1. The molecule has 0 aliphatic carbocycles. The highest BCUT2D eigenvalue weighted by Crippen LogP contribution is 2.39. The number of fused-ring (bicyclic) bond motifs is 2. The maximum atomic E-state index is 14.3. The number of imide groups is 1. The van der Waals surface area contributed by atoms with Crippen molar-refractivity contribution in [2.75, 3.05) is 6.54 Å². The Labute approximate surface area is 225 Å². The van der Waals surface area contributed by atoms with E-state index in [1.807, 2.05) is 24.3 Å². The molecule has 5 rings (SSSR count). The lowest BCUT2D eigenvalue weighted by molar-refractivity contribution is 0.0608. The molecule has 0 spiro atoms. The number of benzene rings is 3. The summed E-state index contributed by atoms with van der Waals surface area (Å²) in [6.45, 7) is 11.2. The maximum absolute atomic E-state index is 14.3. The van der Waals surface area contributed by atoms with Gasteiger partial charge in [-0.15, -0.1) is 0 Å².